The van der Waals surface area contributed by atoms with E-state index in [1.54, 1.807) is 13.0 Å². The number of likely N-dealkylation sites (tertiary alicyclic amines) is 1. The molecule has 250 valence electrons. The molecule has 2 heterocycles. The first-order valence-electron chi connectivity index (χ1n) is 14.4. The fourth-order valence-electron chi connectivity index (χ4n) is 7.53. The van der Waals surface area contributed by atoms with Gasteiger partial charge >= 0.3 is 0 Å². The molecule has 9 nitrogen and oxygen atoms in total. The van der Waals surface area contributed by atoms with E-state index in [4.69, 9.17) is 32.7 Å². The second-order valence-electron chi connectivity index (χ2n) is 11.8. The van der Waals surface area contributed by atoms with Crippen LogP contribution in [0.15, 0.2) is 23.8 Å². The van der Waals surface area contributed by atoms with Crippen LogP contribution in [0, 0.1) is 46.8 Å². The summed E-state index contributed by atoms with van der Waals surface area (Å²) in [6.07, 6.45) is 1.41. The van der Waals surface area contributed by atoms with Gasteiger partial charge in [-0.05, 0) is 42.9 Å². The van der Waals surface area contributed by atoms with E-state index < -0.39 is 104 Å². The highest BCUT2D eigenvalue weighted by atomic mass is 35.5. The fraction of sp³-hybridized carbons (Fsp3) is 0.419. The molecule has 0 bridgehead atoms. The Labute approximate surface area is 273 Å². The maximum atomic E-state index is 15.2. The Hall–Kier alpha value is -3.91. The van der Waals surface area contributed by atoms with Crippen LogP contribution in [0.1, 0.15) is 37.7 Å². The molecule has 2 aliphatic carbocycles. The number of methoxy groups -OCH3 is 2. The number of ether oxygens (including phenoxy) is 2. The van der Waals surface area contributed by atoms with Gasteiger partial charge in [-0.1, -0.05) is 18.6 Å². The number of carbonyl (C=O) groups excluding carboxylic acids is 4. The van der Waals surface area contributed by atoms with Gasteiger partial charge in [-0.2, -0.15) is 0 Å². The number of halogens is 7. The highest BCUT2D eigenvalue weighted by Gasteiger charge is 2.77. The second kappa shape index (κ2) is 11.1. The molecule has 0 unspecified atom stereocenters. The van der Waals surface area contributed by atoms with Crippen molar-refractivity contribution >= 4 is 52.5 Å². The lowest BCUT2D eigenvalue weighted by Crippen LogP contribution is -2.60. The first-order chi connectivity index (χ1) is 22.1. The number of allylic oxidation sites excluding steroid dienone is 2. The monoisotopic (exact) mass is 702 g/mol. The van der Waals surface area contributed by atoms with Crippen molar-refractivity contribution in [2.45, 2.75) is 41.9 Å². The van der Waals surface area contributed by atoms with Gasteiger partial charge in [0.05, 0.1) is 26.1 Å². The molecular formula is C31H25Cl2F5N2O7. The molecule has 1 N–H and O–H groups in total. The van der Waals surface area contributed by atoms with E-state index in [-0.39, 0.29) is 40.5 Å². The molecule has 0 aromatic heterocycles. The average Bonchev–Trinajstić information content (AvgIpc) is 3.37. The van der Waals surface area contributed by atoms with Crippen molar-refractivity contribution in [1.82, 2.24) is 4.90 Å². The number of rotatable bonds is 6. The van der Waals surface area contributed by atoms with Crippen molar-refractivity contribution in [1.29, 1.82) is 0 Å². The predicted octanol–water partition coefficient (Wildman–Crippen LogP) is 5.08. The van der Waals surface area contributed by atoms with Crippen LogP contribution in [-0.2, 0) is 19.2 Å². The number of anilines is 1. The van der Waals surface area contributed by atoms with Gasteiger partial charge in [0, 0.05) is 12.5 Å². The molecule has 0 spiro atoms. The molecule has 3 fully saturated rings. The number of carbonyl (C=O) groups is 4. The van der Waals surface area contributed by atoms with Gasteiger partial charge in [-0.15, -0.1) is 23.2 Å². The molecule has 0 radical (unpaired) electrons. The Morgan fingerprint density at radius 2 is 1.43 bits per heavy atom. The standard InChI is InChI=1S/C31H25Cl2F5N2O7/c1-4-7-39-26(42)13-6-5-12-14(17(13)27(39)43)10-30(32)28(44)40(24-22(37)20(35)19(34)21(36)23(24)38)29(45)31(30,33)18(12)11-8-15(46-2)25(41)16(9-11)47-3/h5,8-9,13-14,17-18,41H,4,6-7,10H2,1-3H3/t13-,14+,17-,18-,30+,31-/m0/s1. The van der Waals surface area contributed by atoms with Crippen LogP contribution in [-0.4, -0.2) is 64.1 Å². The molecule has 16 heteroatoms. The van der Waals surface area contributed by atoms with Gasteiger partial charge in [-0.25, -0.2) is 26.9 Å². The summed E-state index contributed by atoms with van der Waals surface area (Å²) in [5, 5.41) is 10.6. The van der Waals surface area contributed by atoms with Gasteiger partial charge in [0.15, 0.2) is 44.5 Å². The molecule has 47 heavy (non-hydrogen) atoms. The SMILES string of the molecule is CCCN1C(=O)[C@H]2[C@H](CC=C3[C@H]2C[C@@]2(Cl)C(=O)N(c4c(F)c(F)c(F)c(F)c4F)C(=O)[C@@]2(Cl)[C@H]3c2cc(OC)c(O)c(OC)c2)C1=O. The zero-order valence-electron chi connectivity index (χ0n) is 24.8. The normalized spacial score (nSPS) is 30.0. The average molecular weight is 703 g/mol. The fourth-order valence-corrected chi connectivity index (χ4v) is 8.47. The number of hydrogen-bond acceptors (Lipinski definition) is 7. The number of hydrogen-bond donors (Lipinski definition) is 1. The lowest BCUT2D eigenvalue weighted by molar-refractivity contribution is -0.140. The van der Waals surface area contributed by atoms with Crippen LogP contribution < -0.4 is 14.4 Å². The minimum Gasteiger partial charge on any atom is -0.502 e. The molecule has 6 rings (SSSR count). The molecular weight excluding hydrogens is 678 g/mol. The number of alkyl halides is 2. The number of benzene rings is 2. The van der Waals surface area contributed by atoms with Gasteiger partial charge in [0.1, 0.15) is 5.69 Å². The van der Waals surface area contributed by atoms with E-state index in [1.165, 1.54) is 26.4 Å². The second-order valence-corrected chi connectivity index (χ2v) is 13.0. The first-order valence-corrected chi connectivity index (χ1v) is 15.2. The third-order valence-electron chi connectivity index (χ3n) is 9.60. The van der Waals surface area contributed by atoms with Crippen LogP contribution in [0.5, 0.6) is 17.2 Å². The quantitative estimate of drug-likeness (QED) is 0.112. The number of phenolic OH excluding ortho intramolecular Hbond substituents is 1. The summed E-state index contributed by atoms with van der Waals surface area (Å²) in [4.78, 5) is 51.0. The highest BCUT2D eigenvalue weighted by molar-refractivity contribution is 6.58. The summed E-state index contributed by atoms with van der Waals surface area (Å²) in [5.41, 5.74) is -1.60. The van der Waals surface area contributed by atoms with Gasteiger partial charge in [-0.3, -0.25) is 24.1 Å². The van der Waals surface area contributed by atoms with Crippen molar-refractivity contribution in [3.8, 4) is 17.2 Å². The zero-order chi connectivity index (χ0) is 34.5. The van der Waals surface area contributed by atoms with Crippen molar-refractivity contribution < 1.29 is 55.7 Å². The van der Waals surface area contributed by atoms with Crippen LogP contribution in [0.3, 0.4) is 0 Å². The maximum absolute atomic E-state index is 15.2. The molecule has 4 amide bonds. The van der Waals surface area contributed by atoms with E-state index >= 15 is 8.78 Å². The van der Waals surface area contributed by atoms with E-state index in [2.05, 4.69) is 0 Å². The summed E-state index contributed by atoms with van der Waals surface area (Å²) in [6.45, 7) is 1.88. The van der Waals surface area contributed by atoms with E-state index in [0.29, 0.717) is 6.42 Å². The summed E-state index contributed by atoms with van der Waals surface area (Å²) < 4.78 is 83.6. The van der Waals surface area contributed by atoms with Crippen LogP contribution in [0.2, 0.25) is 0 Å². The summed E-state index contributed by atoms with van der Waals surface area (Å²) >= 11 is 14.2. The number of imide groups is 2. The Morgan fingerprint density at radius 1 is 0.872 bits per heavy atom. The number of fused-ring (bicyclic) bond motifs is 4. The summed E-state index contributed by atoms with van der Waals surface area (Å²) in [5.74, 6) is -21.9. The van der Waals surface area contributed by atoms with E-state index in [1.807, 2.05) is 0 Å². The molecule has 6 atom stereocenters. The molecule has 1 saturated carbocycles. The molecule has 2 aliphatic heterocycles. The Morgan fingerprint density at radius 3 is 1.96 bits per heavy atom. The van der Waals surface area contributed by atoms with Gasteiger partial charge in [0.2, 0.25) is 23.4 Å². The smallest absolute Gasteiger partial charge is 0.258 e. The van der Waals surface area contributed by atoms with E-state index in [0.717, 1.165) is 4.90 Å². The Balaban J connectivity index is 1.63. The zero-order valence-corrected chi connectivity index (χ0v) is 26.3. The van der Waals surface area contributed by atoms with Crippen LogP contribution >= 0.6 is 23.2 Å². The minimum absolute atomic E-state index is 0.00981. The summed E-state index contributed by atoms with van der Waals surface area (Å²) in [7, 11) is 2.41. The van der Waals surface area contributed by atoms with Crippen LogP contribution in [0.25, 0.3) is 0 Å². The van der Waals surface area contributed by atoms with Crippen molar-refractivity contribution in [3.63, 3.8) is 0 Å². The van der Waals surface area contributed by atoms with Crippen molar-refractivity contribution in [3.05, 3.63) is 58.4 Å². The largest absolute Gasteiger partial charge is 0.502 e. The van der Waals surface area contributed by atoms with Crippen molar-refractivity contribution in [2.75, 3.05) is 25.7 Å². The Kier molecular flexibility index (Phi) is 7.78. The summed E-state index contributed by atoms with van der Waals surface area (Å²) in [6, 6.07) is 2.48. The lowest BCUT2D eigenvalue weighted by atomic mass is 9.56. The maximum Gasteiger partial charge on any atom is 0.258 e. The lowest BCUT2D eigenvalue weighted by Gasteiger charge is -2.50. The molecule has 4 aliphatic rings. The minimum atomic E-state index is -2.72. The number of phenols is 1. The molecule has 2 saturated heterocycles. The third kappa shape index (κ3) is 4.12. The van der Waals surface area contributed by atoms with Gasteiger partial charge < -0.3 is 14.6 Å². The molecule has 2 aromatic rings. The first kappa shape index (κ1) is 33.0. The number of nitrogens with zero attached hydrogens (tertiary/aromatic N) is 2. The highest BCUT2D eigenvalue weighted by Crippen LogP contribution is 2.66. The van der Waals surface area contributed by atoms with E-state index in [9.17, 15) is 37.5 Å². The number of amides is 4. The topological polar surface area (TPSA) is 113 Å². The van der Waals surface area contributed by atoms with Gasteiger partial charge in [0.25, 0.3) is 11.8 Å². The predicted molar refractivity (Wildman–Crippen MR) is 155 cm³/mol. The Bertz CT molecular complexity index is 1770. The number of aromatic hydroxyl groups is 1. The van der Waals surface area contributed by atoms with Crippen LogP contribution in [0.4, 0.5) is 27.6 Å². The molecule has 2 aromatic carbocycles. The third-order valence-corrected chi connectivity index (χ3v) is 11.0. The van der Waals surface area contributed by atoms with Crippen molar-refractivity contribution in [2.24, 2.45) is 17.8 Å².